The molecule has 0 aromatic heterocycles. The van der Waals surface area contributed by atoms with Crippen LogP contribution in [0.1, 0.15) is 11.7 Å². The summed E-state index contributed by atoms with van der Waals surface area (Å²) in [6.07, 6.45) is -1.53. The molecular formula is C10H14N2O5. The number of hydrogen-bond acceptors (Lipinski definition) is 6. The SMILES string of the molecule is NC(CO)(CO)[C@@H](O)c1ccccc1[N+](=O)[O-]. The third-order valence-electron chi connectivity index (χ3n) is 2.56. The van der Waals surface area contributed by atoms with E-state index in [9.17, 15) is 15.2 Å². The van der Waals surface area contributed by atoms with E-state index in [1.54, 1.807) is 0 Å². The van der Waals surface area contributed by atoms with Gasteiger partial charge >= 0.3 is 0 Å². The van der Waals surface area contributed by atoms with E-state index in [2.05, 4.69) is 0 Å². The Kier molecular flexibility index (Phi) is 4.13. The molecule has 17 heavy (non-hydrogen) atoms. The van der Waals surface area contributed by atoms with Gasteiger partial charge in [-0.25, -0.2) is 0 Å². The number of nitrogens with two attached hydrogens (primary N) is 1. The highest BCUT2D eigenvalue weighted by Gasteiger charge is 2.37. The van der Waals surface area contributed by atoms with Gasteiger partial charge in [0.05, 0.1) is 29.2 Å². The average molecular weight is 242 g/mol. The van der Waals surface area contributed by atoms with Crippen LogP contribution in [0.25, 0.3) is 0 Å². The van der Waals surface area contributed by atoms with E-state index >= 15 is 0 Å². The molecule has 0 saturated carbocycles. The number of nitro benzene ring substituents is 1. The van der Waals surface area contributed by atoms with Gasteiger partial charge in [-0.15, -0.1) is 0 Å². The first-order valence-electron chi connectivity index (χ1n) is 4.88. The highest BCUT2D eigenvalue weighted by atomic mass is 16.6. The van der Waals surface area contributed by atoms with Crippen molar-refractivity contribution >= 4 is 5.69 Å². The molecule has 1 aromatic carbocycles. The molecule has 7 heteroatoms. The summed E-state index contributed by atoms with van der Waals surface area (Å²) in [6, 6.07) is 5.49. The Morgan fingerprint density at radius 1 is 1.35 bits per heavy atom. The van der Waals surface area contributed by atoms with Crippen LogP contribution in [0.2, 0.25) is 0 Å². The highest BCUT2D eigenvalue weighted by molar-refractivity contribution is 5.42. The van der Waals surface area contributed by atoms with Crippen LogP contribution in [-0.2, 0) is 0 Å². The van der Waals surface area contributed by atoms with Gasteiger partial charge in [-0.2, -0.15) is 0 Å². The Bertz CT molecular complexity index is 405. The van der Waals surface area contributed by atoms with E-state index in [0.717, 1.165) is 0 Å². The van der Waals surface area contributed by atoms with Crippen LogP contribution in [0.4, 0.5) is 5.69 Å². The van der Waals surface area contributed by atoms with Crippen molar-refractivity contribution in [2.75, 3.05) is 13.2 Å². The van der Waals surface area contributed by atoms with Gasteiger partial charge in [-0.3, -0.25) is 10.1 Å². The number of aliphatic hydroxyl groups is 3. The van der Waals surface area contributed by atoms with E-state index in [-0.39, 0.29) is 11.3 Å². The summed E-state index contributed by atoms with van der Waals surface area (Å²) in [5.74, 6) is 0. The zero-order valence-corrected chi connectivity index (χ0v) is 8.98. The van der Waals surface area contributed by atoms with Gasteiger partial charge in [0.1, 0.15) is 6.10 Å². The molecule has 0 fully saturated rings. The maximum Gasteiger partial charge on any atom is 0.275 e. The van der Waals surface area contributed by atoms with Crippen molar-refractivity contribution in [3.63, 3.8) is 0 Å². The van der Waals surface area contributed by atoms with Gasteiger partial charge in [0, 0.05) is 6.07 Å². The lowest BCUT2D eigenvalue weighted by molar-refractivity contribution is -0.386. The van der Waals surface area contributed by atoms with Crippen molar-refractivity contribution in [3.05, 3.63) is 39.9 Å². The van der Waals surface area contributed by atoms with Crippen LogP contribution in [0.5, 0.6) is 0 Å². The van der Waals surface area contributed by atoms with Crippen LogP contribution < -0.4 is 5.73 Å². The number of nitro groups is 1. The second kappa shape index (κ2) is 5.19. The molecule has 0 radical (unpaired) electrons. The minimum Gasteiger partial charge on any atom is -0.394 e. The summed E-state index contributed by atoms with van der Waals surface area (Å²) < 4.78 is 0. The average Bonchev–Trinajstić information content (AvgIpc) is 2.36. The van der Waals surface area contributed by atoms with Crippen LogP contribution >= 0.6 is 0 Å². The summed E-state index contributed by atoms with van der Waals surface area (Å²) in [5, 5.41) is 38.7. The summed E-state index contributed by atoms with van der Waals surface area (Å²) >= 11 is 0. The van der Waals surface area contributed by atoms with E-state index in [1.807, 2.05) is 0 Å². The molecular weight excluding hydrogens is 228 g/mol. The zero-order valence-electron chi connectivity index (χ0n) is 8.98. The van der Waals surface area contributed by atoms with Gasteiger partial charge in [-0.05, 0) is 6.07 Å². The standard InChI is InChI=1S/C10H14N2O5/c11-10(5-13,6-14)9(15)7-3-1-2-4-8(7)12(16)17/h1-4,9,13-15H,5-6,11H2/t9-/m0/s1. The van der Waals surface area contributed by atoms with Gasteiger partial charge in [-0.1, -0.05) is 12.1 Å². The normalized spacial score (nSPS) is 13.4. The summed E-state index contributed by atoms with van der Waals surface area (Å²) in [7, 11) is 0. The molecule has 0 saturated heterocycles. The van der Waals surface area contributed by atoms with Gasteiger partial charge in [0.15, 0.2) is 0 Å². The topological polar surface area (TPSA) is 130 Å². The summed E-state index contributed by atoms with van der Waals surface area (Å²) in [5.41, 5.74) is 3.51. The fourth-order valence-corrected chi connectivity index (χ4v) is 1.42. The Balaban J connectivity index is 3.20. The fraction of sp³-hybridized carbons (Fsp3) is 0.400. The first kappa shape index (κ1) is 13.5. The molecule has 0 amide bonds. The molecule has 0 aliphatic heterocycles. The largest absolute Gasteiger partial charge is 0.394 e. The molecule has 7 nitrogen and oxygen atoms in total. The monoisotopic (exact) mass is 242 g/mol. The molecule has 5 N–H and O–H groups in total. The lowest BCUT2D eigenvalue weighted by Gasteiger charge is -2.30. The number of nitrogens with zero attached hydrogens (tertiary/aromatic N) is 1. The van der Waals surface area contributed by atoms with Gasteiger partial charge in [0.25, 0.3) is 5.69 Å². The lowest BCUT2D eigenvalue weighted by atomic mass is 9.89. The molecule has 0 unspecified atom stereocenters. The van der Waals surface area contributed by atoms with Crippen molar-refractivity contribution < 1.29 is 20.2 Å². The Morgan fingerprint density at radius 2 is 1.88 bits per heavy atom. The second-order valence-corrected chi connectivity index (χ2v) is 3.77. The van der Waals surface area contributed by atoms with Crippen LogP contribution in [-0.4, -0.2) is 39.0 Å². The lowest BCUT2D eigenvalue weighted by Crippen LogP contribution is -2.52. The molecule has 1 rings (SSSR count). The second-order valence-electron chi connectivity index (χ2n) is 3.77. The smallest absolute Gasteiger partial charge is 0.275 e. The van der Waals surface area contributed by atoms with E-state index < -0.39 is 29.8 Å². The minimum atomic E-state index is -1.72. The summed E-state index contributed by atoms with van der Waals surface area (Å²) in [4.78, 5) is 10.1. The van der Waals surface area contributed by atoms with Crippen LogP contribution in [0.3, 0.4) is 0 Å². The molecule has 1 aromatic rings. The zero-order chi connectivity index (χ0) is 13.1. The molecule has 0 aliphatic rings. The first-order chi connectivity index (χ1) is 7.96. The Hall–Kier alpha value is -1.54. The number of rotatable bonds is 5. The number of hydrogen-bond donors (Lipinski definition) is 4. The van der Waals surface area contributed by atoms with Crippen molar-refractivity contribution in [1.82, 2.24) is 0 Å². The third kappa shape index (κ3) is 2.59. The van der Waals surface area contributed by atoms with Crippen molar-refractivity contribution in [2.45, 2.75) is 11.6 Å². The molecule has 0 spiro atoms. The van der Waals surface area contributed by atoms with E-state index in [0.29, 0.717) is 0 Å². The van der Waals surface area contributed by atoms with E-state index in [4.69, 9.17) is 15.9 Å². The predicted octanol–water partition coefficient (Wildman–Crippen LogP) is -0.690. The minimum absolute atomic E-state index is 0.0388. The van der Waals surface area contributed by atoms with Crippen molar-refractivity contribution in [2.24, 2.45) is 5.73 Å². The van der Waals surface area contributed by atoms with Crippen LogP contribution in [0.15, 0.2) is 24.3 Å². The molecule has 0 aliphatic carbocycles. The molecule has 94 valence electrons. The Labute approximate surface area is 97.3 Å². The van der Waals surface area contributed by atoms with Crippen molar-refractivity contribution in [1.29, 1.82) is 0 Å². The quantitative estimate of drug-likeness (QED) is 0.399. The number of aliphatic hydroxyl groups excluding tert-OH is 3. The highest BCUT2D eigenvalue weighted by Crippen LogP contribution is 2.30. The van der Waals surface area contributed by atoms with Crippen molar-refractivity contribution in [3.8, 4) is 0 Å². The molecule has 1 atom stereocenters. The third-order valence-corrected chi connectivity index (χ3v) is 2.56. The van der Waals surface area contributed by atoms with E-state index in [1.165, 1.54) is 24.3 Å². The molecule has 0 bridgehead atoms. The maximum atomic E-state index is 10.8. The maximum absolute atomic E-state index is 10.8. The number of benzene rings is 1. The first-order valence-corrected chi connectivity index (χ1v) is 4.88. The predicted molar refractivity (Wildman–Crippen MR) is 59.1 cm³/mol. The fourth-order valence-electron chi connectivity index (χ4n) is 1.42. The summed E-state index contributed by atoms with van der Waals surface area (Å²) in [6.45, 7) is -1.40. The number of para-hydroxylation sites is 1. The Morgan fingerprint density at radius 3 is 2.35 bits per heavy atom. The van der Waals surface area contributed by atoms with Gasteiger partial charge < -0.3 is 21.1 Å². The van der Waals surface area contributed by atoms with Crippen LogP contribution in [0, 0.1) is 10.1 Å². The molecule has 0 heterocycles. The van der Waals surface area contributed by atoms with Gasteiger partial charge in [0.2, 0.25) is 0 Å².